The van der Waals surface area contributed by atoms with Gasteiger partial charge in [-0.1, -0.05) is 35.3 Å². The lowest BCUT2D eigenvalue weighted by molar-refractivity contribution is -0.121. The number of aromatic nitrogens is 1. The van der Waals surface area contributed by atoms with Gasteiger partial charge in [0.25, 0.3) is 0 Å². The second kappa shape index (κ2) is 10.8. The van der Waals surface area contributed by atoms with Crippen LogP contribution in [0, 0.1) is 0 Å². The van der Waals surface area contributed by atoms with Crippen molar-refractivity contribution >= 4 is 40.0 Å². The summed E-state index contributed by atoms with van der Waals surface area (Å²) in [6.45, 7) is 0.922. The van der Waals surface area contributed by atoms with E-state index in [0.717, 1.165) is 22.0 Å². The zero-order chi connectivity index (χ0) is 23.2. The van der Waals surface area contributed by atoms with E-state index in [2.05, 4.69) is 10.3 Å². The number of ether oxygens (including phenoxy) is 2. The summed E-state index contributed by atoms with van der Waals surface area (Å²) in [6, 6.07) is 20.7. The summed E-state index contributed by atoms with van der Waals surface area (Å²) in [5, 5.41) is 5.20. The molecule has 0 spiro atoms. The highest BCUT2D eigenvalue weighted by molar-refractivity contribution is 6.31. The Balaban J connectivity index is 1.67. The molecule has 1 atom stereocenters. The molecule has 1 aromatic heterocycles. The molecule has 0 unspecified atom stereocenters. The standard InChI is InChI=1S/C26H24Cl2N2O3/c1-32-12-11-29-26(31)15-22(24-16-30-25-10-7-19(28)14-23(24)25)17-3-2-4-21(13-17)33-20-8-5-18(27)6-9-20/h2-10,13-14,16,22,30H,11-12,15H2,1H3,(H,29,31)/t22-/m0/s1. The van der Waals surface area contributed by atoms with Crippen LogP contribution in [0.4, 0.5) is 0 Å². The molecule has 2 N–H and O–H groups in total. The molecular weight excluding hydrogens is 459 g/mol. The number of carbonyl (C=O) groups excluding carboxylic acids is 1. The molecule has 4 aromatic rings. The number of fused-ring (bicyclic) bond motifs is 1. The van der Waals surface area contributed by atoms with E-state index in [4.69, 9.17) is 32.7 Å². The second-order valence-electron chi connectivity index (χ2n) is 7.66. The Hall–Kier alpha value is -2.99. The smallest absolute Gasteiger partial charge is 0.221 e. The van der Waals surface area contributed by atoms with E-state index >= 15 is 0 Å². The van der Waals surface area contributed by atoms with Crippen LogP contribution in [0.2, 0.25) is 10.0 Å². The van der Waals surface area contributed by atoms with E-state index < -0.39 is 0 Å². The average Bonchev–Trinajstić information content (AvgIpc) is 3.22. The molecule has 170 valence electrons. The van der Waals surface area contributed by atoms with Crippen molar-refractivity contribution in [2.75, 3.05) is 20.3 Å². The maximum Gasteiger partial charge on any atom is 0.221 e. The molecule has 1 heterocycles. The molecule has 0 saturated carbocycles. The van der Waals surface area contributed by atoms with Gasteiger partial charge in [0.1, 0.15) is 11.5 Å². The van der Waals surface area contributed by atoms with Crippen LogP contribution in [0.15, 0.2) is 72.9 Å². The van der Waals surface area contributed by atoms with Gasteiger partial charge in [-0.15, -0.1) is 0 Å². The zero-order valence-corrected chi connectivity index (χ0v) is 19.6. The number of aromatic amines is 1. The first-order valence-electron chi connectivity index (χ1n) is 10.6. The van der Waals surface area contributed by atoms with Gasteiger partial charge in [-0.05, 0) is 65.7 Å². The van der Waals surface area contributed by atoms with Gasteiger partial charge < -0.3 is 19.8 Å². The number of H-pyrrole nitrogens is 1. The summed E-state index contributed by atoms with van der Waals surface area (Å²) in [5.74, 6) is 1.10. The largest absolute Gasteiger partial charge is 0.457 e. The summed E-state index contributed by atoms with van der Waals surface area (Å²) < 4.78 is 11.1. The monoisotopic (exact) mass is 482 g/mol. The van der Waals surface area contributed by atoms with Crippen LogP contribution in [0.1, 0.15) is 23.5 Å². The summed E-state index contributed by atoms with van der Waals surface area (Å²) in [4.78, 5) is 16.1. The Bertz CT molecular complexity index is 1240. The van der Waals surface area contributed by atoms with Crippen molar-refractivity contribution in [3.05, 3.63) is 94.1 Å². The van der Waals surface area contributed by atoms with Gasteiger partial charge in [0.05, 0.1) is 6.61 Å². The van der Waals surface area contributed by atoms with Crippen molar-refractivity contribution in [2.24, 2.45) is 0 Å². The first kappa shape index (κ1) is 23.2. The van der Waals surface area contributed by atoms with Crippen LogP contribution in [0.3, 0.4) is 0 Å². The Morgan fingerprint density at radius 3 is 2.58 bits per heavy atom. The van der Waals surface area contributed by atoms with Gasteiger partial charge in [0.2, 0.25) is 5.91 Å². The van der Waals surface area contributed by atoms with Gasteiger partial charge in [0.15, 0.2) is 0 Å². The lowest BCUT2D eigenvalue weighted by atomic mass is 9.88. The fourth-order valence-electron chi connectivity index (χ4n) is 3.79. The maximum absolute atomic E-state index is 12.8. The number of carbonyl (C=O) groups is 1. The summed E-state index contributed by atoms with van der Waals surface area (Å²) in [5.41, 5.74) is 2.93. The molecule has 33 heavy (non-hydrogen) atoms. The number of hydrogen-bond donors (Lipinski definition) is 2. The highest BCUT2D eigenvalue weighted by Crippen LogP contribution is 2.36. The molecule has 1 amide bonds. The van der Waals surface area contributed by atoms with Crippen LogP contribution < -0.4 is 10.1 Å². The van der Waals surface area contributed by atoms with Crippen LogP contribution >= 0.6 is 23.2 Å². The normalized spacial score (nSPS) is 12.0. The number of benzene rings is 3. The molecule has 0 fully saturated rings. The molecule has 5 nitrogen and oxygen atoms in total. The van der Waals surface area contributed by atoms with Crippen LogP contribution in [0.5, 0.6) is 11.5 Å². The van der Waals surface area contributed by atoms with E-state index in [0.29, 0.717) is 34.7 Å². The van der Waals surface area contributed by atoms with E-state index in [1.165, 1.54) is 0 Å². The van der Waals surface area contributed by atoms with Gasteiger partial charge >= 0.3 is 0 Å². The third kappa shape index (κ3) is 5.88. The minimum Gasteiger partial charge on any atom is -0.457 e. The number of methoxy groups -OCH3 is 1. The molecule has 0 aliphatic rings. The molecule has 0 saturated heterocycles. The molecule has 7 heteroatoms. The topological polar surface area (TPSA) is 63.4 Å². The number of halogens is 2. The average molecular weight is 483 g/mol. The van der Waals surface area contributed by atoms with Crippen molar-refractivity contribution in [1.82, 2.24) is 10.3 Å². The third-order valence-electron chi connectivity index (χ3n) is 5.38. The van der Waals surface area contributed by atoms with Crippen molar-refractivity contribution in [3.8, 4) is 11.5 Å². The maximum atomic E-state index is 12.8. The van der Waals surface area contributed by atoms with E-state index in [-0.39, 0.29) is 18.2 Å². The van der Waals surface area contributed by atoms with Gasteiger partial charge in [-0.25, -0.2) is 0 Å². The Kier molecular flexibility index (Phi) is 7.55. The fourth-order valence-corrected chi connectivity index (χ4v) is 4.09. The molecule has 3 aromatic carbocycles. The van der Waals surface area contributed by atoms with Crippen LogP contribution in [-0.4, -0.2) is 31.2 Å². The number of rotatable bonds is 9. The molecule has 0 radical (unpaired) electrons. The lowest BCUT2D eigenvalue weighted by Gasteiger charge is -2.18. The molecule has 0 aliphatic carbocycles. The minimum absolute atomic E-state index is 0.0579. The fraction of sp³-hybridized carbons (Fsp3) is 0.192. The summed E-state index contributed by atoms with van der Waals surface area (Å²) >= 11 is 12.3. The molecule has 0 aliphatic heterocycles. The Morgan fingerprint density at radius 1 is 1.00 bits per heavy atom. The SMILES string of the molecule is COCCNC(=O)C[C@@H](c1cccc(Oc2ccc(Cl)cc2)c1)c1c[nH]c2ccc(Cl)cc12. The minimum atomic E-state index is -0.200. The second-order valence-corrected chi connectivity index (χ2v) is 8.53. The number of hydrogen-bond acceptors (Lipinski definition) is 3. The summed E-state index contributed by atoms with van der Waals surface area (Å²) in [7, 11) is 1.61. The lowest BCUT2D eigenvalue weighted by Crippen LogP contribution is -2.28. The van der Waals surface area contributed by atoms with Crippen molar-refractivity contribution in [3.63, 3.8) is 0 Å². The van der Waals surface area contributed by atoms with E-state index in [1.807, 2.05) is 60.8 Å². The quantitative estimate of drug-likeness (QED) is 0.265. The van der Waals surface area contributed by atoms with E-state index in [9.17, 15) is 4.79 Å². The Morgan fingerprint density at radius 2 is 1.79 bits per heavy atom. The molecular formula is C26H24Cl2N2O3. The predicted molar refractivity (Wildman–Crippen MR) is 133 cm³/mol. The van der Waals surface area contributed by atoms with Crippen LogP contribution in [-0.2, 0) is 9.53 Å². The van der Waals surface area contributed by atoms with Crippen molar-refractivity contribution < 1.29 is 14.3 Å². The third-order valence-corrected chi connectivity index (χ3v) is 5.87. The number of amides is 1. The van der Waals surface area contributed by atoms with E-state index in [1.54, 1.807) is 19.2 Å². The zero-order valence-electron chi connectivity index (χ0n) is 18.1. The van der Waals surface area contributed by atoms with Gasteiger partial charge in [-0.3, -0.25) is 4.79 Å². The highest BCUT2D eigenvalue weighted by Gasteiger charge is 2.22. The van der Waals surface area contributed by atoms with Crippen molar-refractivity contribution in [2.45, 2.75) is 12.3 Å². The summed E-state index contributed by atoms with van der Waals surface area (Å²) in [6.07, 6.45) is 2.22. The van der Waals surface area contributed by atoms with Crippen LogP contribution in [0.25, 0.3) is 10.9 Å². The predicted octanol–water partition coefficient (Wildman–Crippen LogP) is 6.55. The van der Waals surface area contributed by atoms with Crippen molar-refractivity contribution in [1.29, 1.82) is 0 Å². The Labute approximate surface area is 202 Å². The first-order valence-corrected chi connectivity index (χ1v) is 11.3. The molecule has 0 bridgehead atoms. The molecule has 4 rings (SSSR count). The highest BCUT2D eigenvalue weighted by atomic mass is 35.5. The van der Waals surface area contributed by atoms with Gasteiger partial charge in [0, 0.05) is 53.1 Å². The first-order chi connectivity index (χ1) is 16.0. The number of nitrogens with one attached hydrogen (secondary N) is 2. The van der Waals surface area contributed by atoms with Gasteiger partial charge in [-0.2, -0.15) is 0 Å².